The first-order valence-electron chi connectivity index (χ1n) is 9.21. The van der Waals surface area contributed by atoms with Crippen LogP contribution in [0.1, 0.15) is 18.1 Å². The zero-order valence-corrected chi connectivity index (χ0v) is 16.8. The highest BCUT2D eigenvalue weighted by Gasteiger charge is 2.14. The van der Waals surface area contributed by atoms with Crippen molar-refractivity contribution >= 4 is 17.7 Å². The quantitative estimate of drug-likeness (QED) is 0.586. The standard InChI is InChI=1S/C21H23FN4OS/c1-3-26-20(17-6-4-5-15(2)13-17)24-25-21(26)28-14-19(27)23-12-11-16-7-9-18(22)10-8-16/h4-10,13H,3,11-12,14H2,1-2H3,(H,23,27). The number of amides is 1. The fraction of sp³-hybridized carbons (Fsp3) is 0.286. The highest BCUT2D eigenvalue weighted by atomic mass is 32.2. The second-order valence-electron chi connectivity index (χ2n) is 6.44. The minimum absolute atomic E-state index is 0.0603. The number of nitrogens with zero attached hydrogens (tertiary/aromatic N) is 3. The zero-order valence-electron chi connectivity index (χ0n) is 16.0. The SMILES string of the molecule is CCn1c(SCC(=O)NCCc2ccc(F)cc2)nnc1-c1cccc(C)c1. The molecule has 3 aromatic rings. The number of carbonyl (C=O) groups excluding carboxylic acids is 1. The van der Waals surface area contributed by atoms with E-state index in [1.54, 1.807) is 12.1 Å². The van der Waals surface area contributed by atoms with Crippen molar-refractivity contribution in [2.24, 2.45) is 0 Å². The molecule has 0 radical (unpaired) electrons. The van der Waals surface area contributed by atoms with Gasteiger partial charge in [0.25, 0.3) is 0 Å². The summed E-state index contributed by atoms with van der Waals surface area (Å²) in [7, 11) is 0. The van der Waals surface area contributed by atoms with E-state index in [9.17, 15) is 9.18 Å². The van der Waals surface area contributed by atoms with Gasteiger partial charge in [-0.25, -0.2) is 4.39 Å². The van der Waals surface area contributed by atoms with Crippen molar-refractivity contribution in [2.45, 2.75) is 32.0 Å². The molecule has 5 nitrogen and oxygen atoms in total. The first-order valence-corrected chi connectivity index (χ1v) is 10.2. The van der Waals surface area contributed by atoms with E-state index < -0.39 is 0 Å². The van der Waals surface area contributed by atoms with Gasteiger partial charge in [0.15, 0.2) is 11.0 Å². The van der Waals surface area contributed by atoms with Crippen molar-refractivity contribution in [1.29, 1.82) is 0 Å². The van der Waals surface area contributed by atoms with Crippen LogP contribution in [-0.4, -0.2) is 33.0 Å². The van der Waals surface area contributed by atoms with Crippen molar-refractivity contribution in [3.05, 3.63) is 65.5 Å². The van der Waals surface area contributed by atoms with Gasteiger partial charge in [-0.2, -0.15) is 0 Å². The fourth-order valence-corrected chi connectivity index (χ4v) is 3.69. The third-order valence-electron chi connectivity index (χ3n) is 4.29. The summed E-state index contributed by atoms with van der Waals surface area (Å²) in [5, 5.41) is 12.2. The normalized spacial score (nSPS) is 10.8. The van der Waals surface area contributed by atoms with Crippen LogP contribution in [0.4, 0.5) is 4.39 Å². The highest BCUT2D eigenvalue weighted by molar-refractivity contribution is 7.99. The summed E-state index contributed by atoms with van der Waals surface area (Å²) in [6.45, 7) is 5.32. The van der Waals surface area contributed by atoms with Gasteiger partial charge in [0.1, 0.15) is 5.82 Å². The summed E-state index contributed by atoms with van der Waals surface area (Å²) in [6, 6.07) is 14.4. The Hall–Kier alpha value is -2.67. The maximum atomic E-state index is 12.9. The van der Waals surface area contributed by atoms with E-state index in [0.29, 0.717) is 13.0 Å². The van der Waals surface area contributed by atoms with Crippen LogP contribution in [0.5, 0.6) is 0 Å². The Labute approximate surface area is 168 Å². The molecule has 1 N–H and O–H groups in total. The van der Waals surface area contributed by atoms with Crippen LogP contribution >= 0.6 is 11.8 Å². The fourth-order valence-electron chi connectivity index (χ4n) is 2.86. The van der Waals surface area contributed by atoms with Crippen LogP contribution < -0.4 is 5.32 Å². The second kappa shape index (κ2) is 9.50. The van der Waals surface area contributed by atoms with Crippen molar-refractivity contribution in [2.75, 3.05) is 12.3 Å². The Morgan fingerprint density at radius 2 is 1.96 bits per heavy atom. The number of hydrogen-bond donors (Lipinski definition) is 1. The molecule has 1 aromatic heterocycles. The van der Waals surface area contributed by atoms with Gasteiger partial charge in [-0.15, -0.1) is 10.2 Å². The molecule has 0 bridgehead atoms. The van der Waals surface area contributed by atoms with E-state index in [1.165, 1.54) is 23.9 Å². The third kappa shape index (κ3) is 5.19. The molecular formula is C21H23FN4OS. The van der Waals surface area contributed by atoms with Gasteiger partial charge in [-0.05, 0) is 44.0 Å². The molecule has 0 unspecified atom stereocenters. The summed E-state index contributed by atoms with van der Waals surface area (Å²) in [5.41, 5.74) is 3.17. The number of nitrogens with one attached hydrogen (secondary N) is 1. The highest BCUT2D eigenvalue weighted by Crippen LogP contribution is 2.24. The van der Waals surface area contributed by atoms with Crippen LogP contribution in [0.15, 0.2) is 53.7 Å². The summed E-state index contributed by atoms with van der Waals surface area (Å²) in [4.78, 5) is 12.1. The van der Waals surface area contributed by atoms with Crippen molar-refractivity contribution in [1.82, 2.24) is 20.1 Å². The summed E-state index contributed by atoms with van der Waals surface area (Å²) >= 11 is 1.38. The number of carbonyl (C=O) groups is 1. The molecule has 1 heterocycles. The average molecular weight is 399 g/mol. The van der Waals surface area contributed by atoms with Crippen molar-refractivity contribution in [3.8, 4) is 11.4 Å². The number of thioether (sulfide) groups is 1. The van der Waals surface area contributed by atoms with E-state index in [4.69, 9.17) is 0 Å². The van der Waals surface area contributed by atoms with E-state index >= 15 is 0 Å². The summed E-state index contributed by atoms with van der Waals surface area (Å²) < 4.78 is 14.9. The van der Waals surface area contributed by atoms with Crippen molar-refractivity contribution < 1.29 is 9.18 Å². The molecule has 0 aliphatic rings. The van der Waals surface area contributed by atoms with Crippen LogP contribution in [0, 0.1) is 12.7 Å². The molecule has 0 fully saturated rings. The lowest BCUT2D eigenvalue weighted by atomic mass is 10.1. The topological polar surface area (TPSA) is 59.8 Å². The van der Waals surface area contributed by atoms with Crippen LogP contribution in [-0.2, 0) is 17.8 Å². The molecule has 28 heavy (non-hydrogen) atoms. The van der Waals surface area contributed by atoms with Gasteiger partial charge < -0.3 is 9.88 Å². The van der Waals surface area contributed by atoms with Gasteiger partial charge in [0, 0.05) is 18.7 Å². The molecule has 7 heteroatoms. The molecule has 0 saturated heterocycles. The number of aryl methyl sites for hydroxylation is 1. The molecule has 146 valence electrons. The van der Waals surface area contributed by atoms with Crippen LogP contribution in [0.2, 0.25) is 0 Å². The van der Waals surface area contributed by atoms with E-state index in [-0.39, 0.29) is 17.5 Å². The molecular weight excluding hydrogens is 375 g/mol. The Morgan fingerprint density at radius 3 is 2.68 bits per heavy atom. The summed E-state index contributed by atoms with van der Waals surface area (Å²) in [6.07, 6.45) is 0.666. The van der Waals surface area contributed by atoms with Crippen LogP contribution in [0.25, 0.3) is 11.4 Å². The van der Waals surface area contributed by atoms with E-state index in [0.717, 1.165) is 34.2 Å². The van der Waals surface area contributed by atoms with Gasteiger partial charge in [0.05, 0.1) is 5.75 Å². The Balaban J connectivity index is 1.54. The number of halogens is 1. The molecule has 0 aliphatic heterocycles. The first kappa shape index (κ1) is 20.1. The Bertz CT molecular complexity index is 940. The zero-order chi connectivity index (χ0) is 19.9. The number of benzene rings is 2. The average Bonchev–Trinajstić information content (AvgIpc) is 3.11. The van der Waals surface area contributed by atoms with Gasteiger partial charge in [-0.3, -0.25) is 4.79 Å². The van der Waals surface area contributed by atoms with E-state index in [2.05, 4.69) is 21.6 Å². The number of aromatic nitrogens is 3. The van der Waals surface area contributed by atoms with Crippen LogP contribution in [0.3, 0.4) is 0 Å². The second-order valence-corrected chi connectivity index (χ2v) is 7.38. The molecule has 0 aliphatic carbocycles. The number of hydrogen-bond acceptors (Lipinski definition) is 4. The molecule has 0 atom stereocenters. The minimum atomic E-state index is -0.255. The first-order chi connectivity index (χ1) is 13.6. The Morgan fingerprint density at radius 1 is 1.18 bits per heavy atom. The lowest BCUT2D eigenvalue weighted by molar-refractivity contribution is -0.118. The minimum Gasteiger partial charge on any atom is -0.355 e. The van der Waals surface area contributed by atoms with E-state index in [1.807, 2.05) is 36.6 Å². The number of rotatable bonds is 8. The molecule has 2 aromatic carbocycles. The monoisotopic (exact) mass is 398 g/mol. The predicted octanol–water partition coefficient (Wildman–Crippen LogP) is 3.86. The molecule has 1 amide bonds. The predicted molar refractivity (Wildman–Crippen MR) is 110 cm³/mol. The molecule has 0 spiro atoms. The smallest absolute Gasteiger partial charge is 0.230 e. The third-order valence-corrected chi connectivity index (χ3v) is 5.26. The molecule has 0 saturated carbocycles. The van der Waals surface area contributed by atoms with Gasteiger partial charge in [0.2, 0.25) is 5.91 Å². The summed E-state index contributed by atoms with van der Waals surface area (Å²) in [5.74, 6) is 0.768. The van der Waals surface area contributed by atoms with Crippen molar-refractivity contribution in [3.63, 3.8) is 0 Å². The Kier molecular flexibility index (Phi) is 6.81. The maximum absolute atomic E-state index is 12.9. The van der Waals surface area contributed by atoms with Gasteiger partial charge in [-0.1, -0.05) is 47.7 Å². The lowest BCUT2D eigenvalue weighted by Crippen LogP contribution is -2.27. The largest absolute Gasteiger partial charge is 0.355 e. The maximum Gasteiger partial charge on any atom is 0.230 e. The lowest BCUT2D eigenvalue weighted by Gasteiger charge is -2.08. The van der Waals surface area contributed by atoms with Gasteiger partial charge >= 0.3 is 0 Å². The molecule has 3 rings (SSSR count).